The van der Waals surface area contributed by atoms with Gasteiger partial charge in [0.1, 0.15) is 10.5 Å². The van der Waals surface area contributed by atoms with Crippen molar-refractivity contribution in [2.24, 2.45) is 0 Å². The molecular formula is C30H21ClF9N7O7. The van der Waals surface area contributed by atoms with E-state index >= 15 is 0 Å². The number of halogens is 10. The van der Waals surface area contributed by atoms with E-state index in [1.54, 1.807) is 12.4 Å². The van der Waals surface area contributed by atoms with E-state index < -0.39 is 36.4 Å². The van der Waals surface area contributed by atoms with Crippen LogP contribution in [0.3, 0.4) is 0 Å². The van der Waals surface area contributed by atoms with E-state index in [4.69, 9.17) is 45.7 Å². The van der Waals surface area contributed by atoms with Crippen molar-refractivity contribution in [3.8, 4) is 0 Å². The Labute approximate surface area is 299 Å². The number of oxazole rings is 1. The normalized spacial score (nSPS) is 12.1. The van der Waals surface area contributed by atoms with Crippen molar-refractivity contribution in [2.45, 2.75) is 31.4 Å². The van der Waals surface area contributed by atoms with Gasteiger partial charge in [0.05, 0.1) is 6.20 Å². The molecule has 288 valence electrons. The maximum absolute atomic E-state index is 10.6. The number of carboxylic acid groups (broad SMARTS) is 3. The molecule has 0 atom stereocenters. The number of aliphatic carboxylic acids is 3. The Morgan fingerprint density at radius 2 is 1.33 bits per heavy atom. The highest BCUT2D eigenvalue weighted by atomic mass is 35.5. The number of hydrogen-bond donors (Lipinski definition) is 6. The molecule has 0 unspecified atom stereocenters. The molecule has 0 fully saturated rings. The molecule has 1 aliphatic rings. The number of aryl methyl sites for hydroxylation is 2. The number of anilines is 6. The second kappa shape index (κ2) is 17.4. The summed E-state index contributed by atoms with van der Waals surface area (Å²) in [6.07, 6.45) is -10.3. The summed E-state index contributed by atoms with van der Waals surface area (Å²) in [5, 5.41) is 31.7. The molecule has 6 N–H and O–H groups in total. The number of alkyl halides is 9. The van der Waals surface area contributed by atoms with Crippen molar-refractivity contribution in [2.75, 3.05) is 16.0 Å². The van der Waals surface area contributed by atoms with Gasteiger partial charge < -0.3 is 35.7 Å². The van der Waals surface area contributed by atoms with Gasteiger partial charge in [0, 0.05) is 23.3 Å². The molecule has 0 saturated heterocycles. The number of carbonyl (C=O) groups is 3. The Balaban J connectivity index is 0.000000307. The Kier molecular flexibility index (Phi) is 13.6. The summed E-state index contributed by atoms with van der Waals surface area (Å²) >= 11 is 6.36. The van der Waals surface area contributed by atoms with Crippen LogP contribution in [0.15, 0.2) is 71.4 Å². The van der Waals surface area contributed by atoms with Gasteiger partial charge in [0.25, 0.3) is 0 Å². The third-order valence-corrected chi connectivity index (χ3v) is 6.39. The highest BCUT2D eigenvalue weighted by Gasteiger charge is 2.39. The third-order valence-electron chi connectivity index (χ3n) is 6.11. The van der Waals surface area contributed by atoms with Crippen LogP contribution in [-0.4, -0.2) is 71.7 Å². The first-order valence-electron chi connectivity index (χ1n) is 14.2. The molecule has 54 heavy (non-hydrogen) atoms. The van der Waals surface area contributed by atoms with Crippen LogP contribution >= 0.6 is 11.6 Å². The fourth-order valence-electron chi connectivity index (χ4n) is 3.80. The second-order valence-electron chi connectivity index (χ2n) is 10.1. The van der Waals surface area contributed by atoms with E-state index in [-0.39, 0.29) is 0 Å². The minimum absolute atomic E-state index is 0.401. The zero-order chi connectivity index (χ0) is 40.4. The Bertz CT molecular complexity index is 2020. The molecule has 5 aromatic rings. The molecule has 0 amide bonds. The van der Waals surface area contributed by atoms with Crippen molar-refractivity contribution in [3.05, 3.63) is 83.1 Å². The van der Waals surface area contributed by atoms with Crippen LogP contribution in [0.25, 0.3) is 11.2 Å². The van der Waals surface area contributed by atoms with Gasteiger partial charge in [0.15, 0.2) is 5.82 Å². The number of fused-ring (bicyclic) bond motifs is 7. The minimum Gasteiger partial charge on any atom is -0.475 e. The van der Waals surface area contributed by atoms with Gasteiger partial charge in [-0.3, -0.25) is 0 Å². The average Bonchev–Trinajstić information content (AvgIpc) is 3.48. The number of hydrogen-bond acceptors (Lipinski definition) is 11. The summed E-state index contributed by atoms with van der Waals surface area (Å²) in [4.78, 5) is 44.2. The first-order valence-corrected chi connectivity index (χ1v) is 14.6. The summed E-state index contributed by atoms with van der Waals surface area (Å²) in [5.74, 6) is -7.27. The Morgan fingerprint density at radius 1 is 0.741 bits per heavy atom. The third kappa shape index (κ3) is 13.0. The van der Waals surface area contributed by atoms with Gasteiger partial charge in [-0.25, -0.2) is 24.4 Å². The molecule has 3 aromatic heterocycles. The first-order chi connectivity index (χ1) is 25.0. The van der Waals surface area contributed by atoms with Crippen LogP contribution in [0, 0.1) is 0 Å². The van der Waals surface area contributed by atoms with E-state index in [0.717, 1.165) is 35.5 Å². The van der Waals surface area contributed by atoms with Gasteiger partial charge in [-0.15, -0.1) is 0 Å². The van der Waals surface area contributed by atoms with E-state index in [1.165, 1.54) is 5.56 Å². The highest BCUT2D eigenvalue weighted by Crippen LogP contribution is 2.31. The van der Waals surface area contributed by atoms with E-state index in [1.807, 2.05) is 36.4 Å². The van der Waals surface area contributed by atoms with Crippen molar-refractivity contribution in [1.29, 1.82) is 0 Å². The number of nitrogens with one attached hydrogen (secondary N) is 3. The zero-order valence-electron chi connectivity index (χ0n) is 26.3. The molecule has 0 radical (unpaired) electrons. The number of aromatic nitrogens is 4. The van der Waals surface area contributed by atoms with Gasteiger partial charge >= 0.3 is 42.5 Å². The lowest BCUT2D eigenvalue weighted by molar-refractivity contribution is -0.193. The van der Waals surface area contributed by atoms with Gasteiger partial charge in [-0.1, -0.05) is 23.7 Å². The fourth-order valence-corrected chi connectivity index (χ4v) is 3.94. The number of nitrogens with zero attached hydrogens (tertiary/aromatic N) is 4. The monoisotopic (exact) mass is 797 g/mol. The van der Waals surface area contributed by atoms with Crippen molar-refractivity contribution >= 4 is 75.6 Å². The maximum atomic E-state index is 10.6. The molecule has 0 aliphatic carbocycles. The van der Waals surface area contributed by atoms with Crippen LogP contribution in [0.5, 0.6) is 0 Å². The number of benzene rings is 2. The summed E-state index contributed by atoms with van der Waals surface area (Å²) in [6, 6.07) is 18.4. The lowest BCUT2D eigenvalue weighted by Crippen LogP contribution is -2.21. The predicted molar refractivity (Wildman–Crippen MR) is 170 cm³/mol. The molecule has 6 bridgehead atoms. The van der Waals surface area contributed by atoms with Crippen molar-refractivity contribution in [3.63, 3.8) is 0 Å². The average molecular weight is 798 g/mol. The van der Waals surface area contributed by atoms with Crippen LogP contribution in [0.4, 0.5) is 74.4 Å². The SMILES string of the molecule is Clc1cnc2nc1Nc1ccc(Nc3nc4cccnc4o3)c(c1)CCc1cccc(c1)N2.O=C(O)C(F)(F)F.O=C(O)C(F)(F)F.O=C(O)C(F)(F)F. The molecule has 2 aromatic carbocycles. The second-order valence-corrected chi connectivity index (χ2v) is 10.5. The number of pyridine rings is 1. The minimum atomic E-state index is -5.08. The predicted octanol–water partition coefficient (Wildman–Crippen LogP) is 7.90. The first kappa shape index (κ1) is 42.0. The van der Waals surface area contributed by atoms with E-state index in [0.29, 0.717) is 34.0 Å². The molecule has 14 nitrogen and oxygen atoms in total. The number of rotatable bonds is 2. The summed E-state index contributed by atoms with van der Waals surface area (Å²) in [6.45, 7) is 0. The van der Waals surface area contributed by atoms with Crippen molar-refractivity contribution < 1.29 is 73.6 Å². The summed E-state index contributed by atoms with van der Waals surface area (Å²) < 4.78 is 101. The van der Waals surface area contributed by atoms with Crippen LogP contribution in [0.2, 0.25) is 5.02 Å². The van der Waals surface area contributed by atoms with Crippen LogP contribution < -0.4 is 16.0 Å². The molecule has 24 heteroatoms. The molecule has 0 saturated carbocycles. The fraction of sp³-hybridized carbons (Fsp3) is 0.167. The maximum Gasteiger partial charge on any atom is 0.490 e. The van der Waals surface area contributed by atoms with Crippen LogP contribution in [-0.2, 0) is 27.2 Å². The molecule has 4 heterocycles. The Hall–Kier alpha value is -6.39. The Morgan fingerprint density at radius 3 is 1.91 bits per heavy atom. The summed E-state index contributed by atoms with van der Waals surface area (Å²) in [5.41, 5.74) is 6.19. The molecule has 6 rings (SSSR count). The van der Waals surface area contributed by atoms with Gasteiger partial charge in [-0.05, 0) is 66.4 Å². The van der Waals surface area contributed by atoms with E-state index in [2.05, 4.69) is 54.1 Å². The zero-order valence-corrected chi connectivity index (χ0v) is 27.1. The molecule has 1 aliphatic heterocycles. The topological polar surface area (TPSA) is 213 Å². The molecular weight excluding hydrogens is 777 g/mol. The molecule has 0 spiro atoms. The lowest BCUT2D eigenvalue weighted by atomic mass is 10.0. The number of carboxylic acids is 3. The lowest BCUT2D eigenvalue weighted by Gasteiger charge is -2.14. The smallest absolute Gasteiger partial charge is 0.475 e. The van der Waals surface area contributed by atoms with Gasteiger partial charge in [0.2, 0.25) is 11.7 Å². The standard InChI is InChI=1S/C24H18ClN7O.3C2HF3O2/c25-18-13-27-23-29-16-4-1-3-14(11-16)6-7-15-12-17(28-21(18)32-23)8-9-19(15)30-24-31-20-5-2-10-26-22(20)33-24;3*3-2(4,5)1(6)7/h1-5,8-13H,6-7H2,(H,30,31)(H2,27,28,29,32);3*(H,6,7). The van der Waals surface area contributed by atoms with Crippen LogP contribution in [0.1, 0.15) is 11.1 Å². The van der Waals surface area contributed by atoms with E-state index in [9.17, 15) is 39.5 Å². The summed E-state index contributed by atoms with van der Waals surface area (Å²) in [7, 11) is 0. The quantitative estimate of drug-likeness (QED) is 0.0938. The van der Waals surface area contributed by atoms with Crippen molar-refractivity contribution in [1.82, 2.24) is 19.9 Å². The van der Waals surface area contributed by atoms with Gasteiger partial charge in [-0.2, -0.15) is 49.5 Å². The largest absolute Gasteiger partial charge is 0.490 e. The highest BCUT2D eigenvalue weighted by molar-refractivity contribution is 6.32.